The lowest BCUT2D eigenvalue weighted by Gasteiger charge is -2.26. The van der Waals surface area contributed by atoms with Crippen LogP contribution in [0.4, 0.5) is 33.3 Å². The zero-order chi connectivity index (χ0) is 30.4. The molecule has 0 radical (unpaired) electrons. The largest absolute Gasteiger partial charge is 0.431 e. The molecule has 1 amide bonds. The van der Waals surface area contributed by atoms with Gasteiger partial charge in [0.15, 0.2) is 11.5 Å². The van der Waals surface area contributed by atoms with E-state index < -0.39 is 52.0 Å². The highest BCUT2D eigenvalue weighted by Crippen LogP contribution is 2.37. The van der Waals surface area contributed by atoms with E-state index >= 15 is 0 Å². The minimum absolute atomic E-state index is 0.0932. The van der Waals surface area contributed by atoms with Crippen LogP contribution in [0.2, 0.25) is 0 Å². The van der Waals surface area contributed by atoms with Crippen molar-refractivity contribution in [2.45, 2.75) is 24.7 Å². The minimum Gasteiger partial charge on any atom is -0.431 e. The number of ether oxygens (including phenoxy) is 2. The standard InChI is InChI=1S/C27H20F5N3O6S/c28-18-5-10-21(11-6-18)42(38,39)34-25(37)16-3-7-19(8-4-16)35(15-17-2-1-13-33-24(17)36)20-9-12-22(40-26(29)30)23(14-20)41-27(31)32/h1-14,26-27H,15H2,(H,33,36)(H,34,37). The van der Waals surface area contributed by atoms with Crippen molar-refractivity contribution in [3.8, 4) is 11.5 Å². The van der Waals surface area contributed by atoms with Gasteiger partial charge in [0.25, 0.3) is 21.5 Å². The van der Waals surface area contributed by atoms with Gasteiger partial charge in [-0.1, -0.05) is 6.07 Å². The Hall–Kier alpha value is -4.92. The van der Waals surface area contributed by atoms with Crippen molar-refractivity contribution in [2.75, 3.05) is 4.90 Å². The van der Waals surface area contributed by atoms with Crippen molar-refractivity contribution >= 4 is 27.3 Å². The molecule has 0 spiro atoms. The number of aromatic amines is 1. The Balaban J connectivity index is 1.67. The molecule has 9 nitrogen and oxygen atoms in total. The van der Waals surface area contributed by atoms with Gasteiger partial charge in [-0.05, 0) is 66.7 Å². The van der Waals surface area contributed by atoms with Crippen molar-refractivity contribution in [3.05, 3.63) is 112 Å². The molecule has 220 valence electrons. The number of H-pyrrole nitrogens is 1. The van der Waals surface area contributed by atoms with Crippen LogP contribution in [0, 0.1) is 5.82 Å². The molecule has 4 rings (SSSR count). The number of halogens is 5. The van der Waals surface area contributed by atoms with Gasteiger partial charge < -0.3 is 19.4 Å². The second kappa shape index (κ2) is 12.7. The molecule has 42 heavy (non-hydrogen) atoms. The number of sulfonamides is 1. The van der Waals surface area contributed by atoms with Crippen LogP contribution in [0.3, 0.4) is 0 Å². The molecule has 0 bridgehead atoms. The Kier molecular flexibility index (Phi) is 9.10. The van der Waals surface area contributed by atoms with Crippen LogP contribution >= 0.6 is 0 Å². The molecule has 0 aliphatic carbocycles. The molecule has 3 aromatic carbocycles. The summed E-state index contributed by atoms with van der Waals surface area (Å²) in [7, 11) is -4.32. The topological polar surface area (TPSA) is 118 Å². The van der Waals surface area contributed by atoms with Gasteiger partial charge in [-0.3, -0.25) is 9.59 Å². The first-order chi connectivity index (χ1) is 19.9. The van der Waals surface area contributed by atoms with Crippen molar-refractivity contribution < 1.29 is 44.6 Å². The minimum atomic E-state index is -4.32. The smallest absolute Gasteiger partial charge is 0.387 e. The first-order valence-corrected chi connectivity index (χ1v) is 13.3. The van der Waals surface area contributed by atoms with Crippen LogP contribution in [0.1, 0.15) is 15.9 Å². The highest BCUT2D eigenvalue weighted by molar-refractivity contribution is 7.90. The van der Waals surface area contributed by atoms with Crippen molar-refractivity contribution in [1.29, 1.82) is 0 Å². The molecule has 0 unspecified atom stereocenters. The maximum Gasteiger partial charge on any atom is 0.387 e. The lowest BCUT2D eigenvalue weighted by molar-refractivity contribution is -0.0692. The van der Waals surface area contributed by atoms with Crippen molar-refractivity contribution in [1.82, 2.24) is 9.71 Å². The van der Waals surface area contributed by atoms with Gasteiger partial charge in [0, 0.05) is 34.8 Å². The number of benzene rings is 3. The maximum atomic E-state index is 13.2. The summed E-state index contributed by atoms with van der Waals surface area (Å²) < 4.78 is 100. The van der Waals surface area contributed by atoms with Crippen molar-refractivity contribution in [2.24, 2.45) is 0 Å². The summed E-state index contributed by atoms with van der Waals surface area (Å²) in [5, 5.41) is 0. The first kappa shape index (κ1) is 30.0. The number of amides is 1. The molecule has 1 heterocycles. The van der Waals surface area contributed by atoms with Gasteiger partial charge >= 0.3 is 13.2 Å². The first-order valence-electron chi connectivity index (χ1n) is 11.8. The van der Waals surface area contributed by atoms with E-state index in [1.165, 1.54) is 47.5 Å². The van der Waals surface area contributed by atoms with Gasteiger partial charge in [-0.25, -0.2) is 17.5 Å². The summed E-state index contributed by atoms with van der Waals surface area (Å²) in [4.78, 5) is 28.6. The fourth-order valence-corrected chi connectivity index (χ4v) is 4.75. The average Bonchev–Trinajstić information content (AvgIpc) is 2.93. The number of hydrogen-bond acceptors (Lipinski definition) is 7. The van der Waals surface area contributed by atoms with E-state index in [2.05, 4.69) is 14.5 Å². The number of rotatable bonds is 11. The highest BCUT2D eigenvalue weighted by Gasteiger charge is 2.21. The van der Waals surface area contributed by atoms with Crippen LogP contribution in [-0.2, 0) is 16.6 Å². The lowest BCUT2D eigenvalue weighted by atomic mass is 10.1. The second-order valence-electron chi connectivity index (χ2n) is 8.43. The van der Waals surface area contributed by atoms with Crippen LogP contribution in [0.25, 0.3) is 0 Å². The van der Waals surface area contributed by atoms with E-state index in [1.807, 2.05) is 4.72 Å². The number of pyridine rings is 1. The summed E-state index contributed by atoms with van der Waals surface area (Å²) >= 11 is 0. The zero-order valence-electron chi connectivity index (χ0n) is 21.1. The Labute approximate surface area is 235 Å². The molecule has 1 aromatic heterocycles. The zero-order valence-corrected chi connectivity index (χ0v) is 22.0. The van der Waals surface area contributed by atoms with E-state index in [1.54, 1.807) is 6.07 Å². The number of carbonyl (C=O) groups is 1. The number of hydrogen-bond donors (Lipinski definition) is 2. The quantitative estimate of drug-likeness (QED) is 0.225. The number of alkyl halides is 4. The molecule has 0 saturated heterocycles. The van der Waals surface area contributed by atoms with E-state index in [4.69, 9.17) is 0 Å². The Morgan fingerprint density at radius 2 is 1.48 bits per heavy atom. The fourth-order valence-electron chi connectivity index (χ4n) is 3.78. The van der Waals surface area contributed by atoms with Crippen LogP contribution in [-0.4, -0.2) is 32.5 Å². The van der Waals surface area contributed by atoms with E-state index in [9.17, 15) is 40.0 Å². The molecular weight excluding hydrogens is 589 g/mol. The molecule has 0 saturated carbocycles. The average molecular weight is 610 g/mol. The Bertz CT molecular complexity index is 1720. The number of aromatic nitrogens is 1. The number of carbonyl (C=O) groups excluding carboxylic acids is 1. The van der Waals surface area contributed by atoms with E-state index in [-0.39, 0.29) is 28.3 Å². The monoisotopic (exact) mass is 609 g/mol. The van der Waals surface area contributed by atoms with E-state index in [0.29, 0.717) is 5.69 Å². The Morgan fingerprint density at radius 3 is 2.10 bits per heavy atom. The van der Waals surface area contributed by atoms with Gasteiger partial charge in [0.05, 0.1) is 11.4 Å². The molecule has 0 aliphatic heterocycles. The summed E-state index contributed by atoms with van der Waals surface area (Å²) in [6, 6.07) is 15.4. The number of nitrogens with one attached hydrogen (secondary N) is 2. The Morgan fingerprint density at radius 1 is 0.857 bits per heavy atom. The van der Waals surface area contributed by atoms with Gasteiger partial charge in [-0.2, -0.15) is 17.6 Å². The normalized spacial score (nSPS) is 11.4. The molecule has 4 aromatic rings. The molecular formula is C27H20F5N3O6S. The third kappa shape index (κ3) is 7.42. The fraction of sp³-hybridized carbons (Fsp3) is 0.111. The van der Waals surface area contributed by atoms with Gasteiger partial charge in [0.2, 0.25) is 0 Å². The van der Waals surface area contributed by atoms with Gasteiger partial charge in [-0.15, -0.1) is 0 Å². The highest BCUT2D eigenvalue weighted by atomic mass is 32.2. The third-order valence-electron chi connectivity index (χ3n) is 5.69. The predicted molar refractivity (Wildman–Crippen MR) is 140 cm³/mol. The van der Waals surface area contributed by atoms with Crippen LogP contribution in [0.15, 0.2) is 94.7 Å². The number of nitrogens with zero attached hydrogens (tertiary/aromatic N) is 1. The number of anilines is 2. The maximum absolute atomic E-state index is 13.2. The van der Waals surface area contributed by atoms with Gasteiger partial charge in [0.1, 0.15) is 5.82 Å². The summed E-state index contributed by atoms with van der Waals surface area (Å²) in [5.74, 6) is -3.02. The third-order valence-corrected chi connectivity index (χ3v) is 7.04. The van der Waals surface area contributed by atoms with Crippen LogP contribution < -0.4 is 24.7 Å². The molecule has 2 N–H and O–H groups in total. The second-order valence-corrected chi connectivity index (χ2v) is 10.1. The summed E-state index contributed by atoms with van der Waals surface area (Å²) in [6.07, 6.45) is 1.40. The molecule has 15 heteroatoms. The summed E-state index contributed by atoms with van der Waals surface area (Å²) in [5.41, 5.74) is 0.0813. The molecule has 0 atom stereocenters. The SMILES string of the molecule is O=C(NS(=O)(=O)c1ccc(F)cc1)c1ccc(N(Cc2ccc[nH]c2=O)c2ccc(OC(F)F)c(OC(F)F)c2)cc1. The van der Waals surface area contributed by atoms with Crippen molar-refractivity contribution in [3.63, 3.8) is 0 Å². The lowest BCUT2D eigenvalue weighted by Crippen LogP contribution is -2.30. The summed E-state index contributed by atoms with van der Waals surface area (Å²) in [6.45, 7) is -6.83. The van der Waals surface area contributed by atoms with Crippen LogP contribution in [0.5, 0.6) is 11.5 Å². The predicted octanol–water partition coefficient (Wildman–Crippen LogP) is 5.17. The molecule has 0 aliphatic rings. The van der Waals surface area contributed by atoms with E-state index in [0.717, 1.165) is 36.4 Å². The molecule has 0 fully saturated rings.